The zero-order chi connectivity index (χ0) is 28.5. The van der Waals surface area contributed by atoms with Crippen LogP contribution in [0.4, 0.5) is 0 Å². The van der Waals surface area contributed by atoms with Crippen molar-refractivity contribution in [2.45, 2.75) is 26.7 Å². The Hall–Kier alpha value is -4.94. The fraction of sp³-hybridized carbons (Fsp3) is 0.0952. The van der Waals surface area contributed by atoms with Crippen molar-refractivity contribution in [1.82, 2.24) is 0 Å². The lowest BCUT2D eigenvalue weighted by Gasteiger charge is -2.22. The summed E-state index contributed by atoms with van der Waals surface area (Å²) in [5.41, 5.74) is 13.1. The SMILES string of the molecule is CCCc1cc(-c2ccccc2)ccc1-c1c(C)cccc1-c1c2ccccc2c(-c2ccccc2)c2ccccc12. The molecule has 0 aliphatic carbocycles. The summed E-state index contributed by atoms with van der Waals surface area (Å²) < 4.78 is 0. The lowest BCUT2D eigenvalue weighted by molar-refractivity contribution is 0.924. The van der Waals surface area contributed by atoms with Crippen molar-refractivity contribution >= 4 is 21.5 Å². The number of benzene rings is 7. The molecule has 0 aromatic heterocycles. The van der Waals surface area contributed by atoms with Gasteiger partial charge >= 0.3 is 0 Å². The van der Waals surface area contributed by atoms with Gasteiger partial charge in [-0.05, 0) is 90.5 Å². The van der Waals surface area contributed by atoms with Crippen molar-refractivity contribution in [3.05, 3.63) is 157 Å². The van der Waals surface area contributed by atoms with Crippen LogP contribution in [0, 0.1) is 6.92 Å². The monoisotopic (exact) mass is 538 g/mol. The molecule has 0 bridgehead atoms. The number of hydrogen-bond donors (Lipinski definition) is 0. The molecular weight excluding hydrogens is 504 g/mol. The van der Waals surface area contributed by atoms with Gasteiger partial charge in [0.15, 0.2) is 0 Å². The Morgan fingerprint density at radius 3 is 1.55 bits per heavy atom. The number of rotatable bonds is 6. The highest BCUT2D eigenvalue weighted by Gasteiger charge is 2.21. The first kappa shape index (κ1) is 26.0. The van der Waals surface area contributed by atoms with E-state index in [4.69, 9.17) is 0 Å². The van der Waals surface area contributed by atoms with Gasteiger partial charge in [0.25, 0.3) is 0 Å². The topological polar surface area (TPSA) is 0 Å². The Kier molecular flexibility index (Phi) is 6.90. The van der Waals surface area contributed by atoms with Gasteiger partial charge in [0, 0.05) is 0 Å². The number of fused-ring (bicyclic) bond motifs is 2. The minimum Gasteiger partial charge on any atom is -0.0651 e. The van der Waals surface area contributed by atoms with Crippen LogP contribution in [-0.4, -0.2) is 0 Å². The van der Waals surface area contributed by atoms with Crippen LogP contribution in [0.3, 0.4) is 0 Å². The molecule has 0 nitrogen and oxygen atoms in total. The maximum absolute atomic E-state index is 2.42. The molecule has 42 heavy (non-hydrogen) atoms. The molecule has 7 rings (SSSR count). The first-order valence-electron chi connectivity index (χ1n) is 15.0. The Balaban J connectivity index is 1.55. The van der Waals surface area contributed by atoms with Crippen molar-refractivity contribution in [1.29, 1.82) is 0 Å². The molecule has 0 aliphatic rings. The fourth-order valence-electron chi connectivity index (χ4n) is 6.69. The summed E-state index contributed by atoms with van der Waals surface area (Å²) in [5.74, 6) is 0. The summed E-state index contributed by atoms with van der Waals surface area (Å²) >= 11 is 0. The van der Waals surface area contributed by atoms with E-state index in [0.29, 0.717) is 0 Å². The zero-order valence-corrected chi connectivity index (χ0v) is 24.3. The van der Waals surface area contributed by atoms with Crippen molar-refractivity contribution in [3.8, 4) is 44.5 Å². The molecule has 0 heterocycles. The highest BCUT2D eigenvalue weighted by Crippen LogP contribution is 2.47. The fourth-order valence-corrected chi connectivity index (χ4v) is 6.69. The number of hydrogen-bond acceptors (Lipinski definition) is 0. The van der Waals surface area contributed by atoms with E-state index in [1.54, 1.807) is 0 Å². The maximum Gasteiger partial charge on any atom is -0.00200 e. The molecule has 0 spiro atoms. The first-order valence-corrected chi connectivity index (χ1v) is 15.0. The van der Waals surface area contributed by atoms with Crippen molar-refractivity contribution in [2.75, 3.05) is 0 Å². The van der Waals surface area contributed by atoms with Gasteiger partial charge in [-0.1, -0.05) is 159 Å². The molecule has 7 aromatic rings. The maximum atomic E-state index is 2.42. The van der Waals surface area contributed by atoms with Gasteiger partial charge in [-0.3, -0.25) is 0 Å². The molecule has 0 atom stereocenters. The Morgan fingerprint density at radius 2 is 0.952 bits per heavy atom. The van der Waals surface area contributed by atoms with E-state index >= 15 is 0 Å². The molecular formula is C42H34. The van der Waals surface area contributed by atoms with Gasteiger partial charge in [0.1, 0.15) is 0 Å². The molecule has 0 amide bonds. The molecule has 202 valence electrons. The second-order valence-corrected chi connectivity index (χ2v) is 11.2. The van der Waals surface area contributed by atoms with E-state index in [2.05, 4.69) is 159 Å². The summed E-state index contributed by atoms with van der Waals surface area (Å²) in [6, 6.07) is 53.4. The average Bonchev–Trinajstić information content (AvgIpc) is 3.04. The van der Waals surface area contributed by atoms with Crippen molar-refractivity contribution in [2.24, 2.45) is 0 Å². The Morgan fingerprint density at radius 1 is 0.405 bits per heavy atom. The first-order chi connectivity index (χ1) is 20.7. The van der Waals surface area contributed by atoms with Crippen LogP contribution in [-0.2, 0) is 6.42 Å². The normalized spacial score (nSPS) is 11.3. The third-order valence-corrected chi connectivity index (χ3v) is 8.54. The van der Waals surface area contributed by atoms with Gasteiger partial charge in [0.05, 0.1) is 0 Å². The molecule has 0 unspecified atom stereocenters. The van der Waals surface area contributed by atoms with Crippen LogP contribution in [0.2, 0.25) is 0 Å². The van der Waals surface area contributed by atoms with E-state index in [1.165, 1.54) is 77.2 Å². The standard InChI is InChI=1S/C42H34/c1-3-15-33-28-32(30-17-6-4-7-18-30)26-27-34(33)40-29(2)16-14-25-39(40)42-37-23-12-10-21-35(37)41(31-19-8-5-9-20-31)36-22-11-13-24-38(36)42/h4-14,16-28H,3,15H2,1-2H3. The lowest BCUT2D eigenvalue weighted by atomic mass is 9.81. The second kappa shape index (κ2) is 11.1. The Labute approximate surface area is 248 Å². The molecule has 0 saturated carbocycles. The van der Waals surface area contributed by atoms with E-state index < -0.39 is 0 Å². The van der Waals surface area contributed by atoms with E-state index in [1.807, 2.05) is 0 Å². The number of aryl methyl sites for hydroxylation is 2. The van der Waals surface area contributed by atoms with Crippen LogP contribution in [0.5, 0.6) is 0 Å². The van der Waals surface area contributed by atoms with E-state index in [-0.39, 0.29) is 0 Å². The van der Waals surface area contributed by atoms with Crippen LogP contribution >= 0.6 is 0 Å². The molecule has 0 aliphatic heterocycles. The van der Waals surface area contributed by atoms with Gasteiger partial charge in [0.2, 0.25) is 0 Å². The van der Waals surface area contributed by atoms with E-state index in [9.17, 15) is 0 Å². The highest BCUT2D eigenvalue weighted by molar-refractivity contribution is 6.22. The summed E-state index contributed by atoms with van der Waals surface area (Å²) in [5, 5.41) is 5.16. The minimum atomic E-state index is 1.04. The predicted molar refractivity (Wildman–Crippen MR) is 182 cm³/mol. The summed E-state index contributed by atoms with van der Waals surface area (Å²) in [4.78, 5) is 0. The second-order valence-electron chi connectivity index (χ2n) is 11.2. The highest BCUT2D eigenvalue weighted by atomic mass is 14.2. The van der Waals surface area contributed by atoms with Gasteiger partial charge in [-0.25, -0.2) is 0 Å². The zero-order valence-electron chi connectivity index (χ0n) is 24.3. The van der Waals surface area contributed by atoms with Gasteiger partial charge < -0.3 is 0 Å². The smallest absolute Gasteiger partial charge is 0.00200 e. The van der Waals surface area contributed by atoms with Crippen LogP contribution in [0.25, 0.3) is 66.1 Å². The lowest BCUT2D eigenvalue weighted by Crippen LogP contribution is -1.97. The minimum absolute atomic E-state index is 1.04. The molecule has 0 fully saturated rings. The third kappa shape index (κ3) is 4.50. The Bertz CT molecular complexity index is 1970. The van der Waals surface area contributed by atoms with E-state index in [0.717, 1.165) is 12.8 Å². The third-order valence-electron chi connectivity index (χ3n) is 8.54. The van der Waals surface area contributed by atoms with Gasteiger partial charge in [-0.15, -0.1) is 0 Å². The van der Waals surface area contributed by atoms with Crippen molar-refractivity contribution in [3.63, 3.8) is 0 Å². The van der Waals surface area contributed by atoms with Gasteiger partial charge in [-0.2, -0.15) is 0 Å². The average molecular weight is 539 g/mol. The van der Waals surface area contributed by atoms with Crippen LogP contribution < -0.4 is 0 Å². The predicted octanol–water partition coefficient (Wildman–Crippen LogP) is 11.9. The largest absolute Gasteiger partial charge is 0.0651 e. The molecule has 0 radical (unpaired) electrons. The quantitative estimate of drug-likeness (QED) is 0.185. The molecule has 0 saturated heterocycles. The molecule has 7 aromatic carbocycles. The summed E-state index contributed by atoms with van der Waals surface area (Å²) in [7, 11) is 0. The summed E-state index contributed by atoms with van der Waals surface area (Å²) in [6.07, 6.45) is 2.14. The molecule has 0 N–H and O–H groups in total. The van der Waals surface area contributed by atoms with Crippen LogP contribution in [0.1, 0.15) is 24.5 Å². The summed E-state index contributed by atoms with van der Waals surface area (Å²) in [6.45, 7) is 4.55. The van der Waals surface area contributed by atoms with Crippen molar-refractivity contribution < 1.29 is 0 Å². The molecule has 0 heteroatoms. The van der Waals surface area contributed by atoms with Crippen LogP contribution in [0.15, 0.2) is 146 Å².